The molecule has 1 aromatic rings. The molecule has 128 valence electrons. The summed E-state index contributed by atoms with van der Waals surface area (Å²) in [4.78, 5) is 18.0. The van der Waals surface area contributed by atoms with Crippen molar-refractivity contribution in [3.05, 3.63) is 29.8 Å². The summed E-state index contributed by atoms with van der Waals surface area (Å²) in [6, 6.07) is 5.23. The fourth-order valence-corrected chi connectivity index (χ4v) is 2.76. The number of rotatable bonds is 7. The molecule has 0 radical (unpaired) electrons. The molecule has 1 aromatic carbocycles. The molecular formula is C18H28NO4+. The number of benzene rings is 1. The average Bonchev–Trinajstić information content (AvgIpc) is 2.51. The van der Waals surface area contributed by atoms with Gasteiger partial charge >= 0.3 is 5.97 Å². The Hall–Kier alpha value is -2.01. The first-order valence-electron chi connectivity index (χ1n) is 7.92. The van der Waals surface area contributed by atoms with E-state index in [9.17, 15) is 9.90 Å². The second-order valence-electron chi connectivity index (χ2n) is 6.03. The predicted molar refractivity (Wildman–Crippen MR) is 90.9 cm³/mol. The molecule has 1 N–H and O–H groups in total. The highest BCUT2D eigenvalue weighted by Gasteiger charge is 2.38. The van der Waals surface area contributed by atoms with E-state index in [0.717, 1.165) is 5.56 Å². The Bertz CT molecular complexity index is 556. The van der Waals surface area contributed by atoms with Gasteiger partial charge in [-0.1, -0.05) is 6.07 Å². The largest absolute Gasteiger partial charge is 0.504 e. The minimum Gasteiger partial charge on any atom is -0.504 e. The number of carbonyl (C=O) groups is 1. The quantitative estimate of drug-likeness (QED) is 0.474. The number of phenols is 1. The average molecular weight is 322 g/mol. The second kappa shape index (κ2) is 8.02. The van der Waals surface area contributed by atoms with Crippen LogP contribution in [0.4, 0.5) is 0 Å². The van der Waals surface area contributed by atoms with Crippen molar-refractivity contribution in [3.63, 3.8) is 0 Å². The molecule has 0 spiro atoms. The fraction of sp³-hybridized carbons (Fsp3) is 0.500. The van der Waals surface area contributed by atoms with E-state index in [1.54, 1.807) is 18.2 Å². The minimum atomic E-state index is -0.388. The van der Waals surface area contributed by atoms with Crippen LogP contribution in [-0.2, 0) is 9.63 Å². The molecule has 0 aliphatic carbocycles. The number of phenolic OH excluding ortho intramolecular Hbond substituents is 1. The third-order valence-electron chi connectivity index (χ3n) is 4.12. The monoisotopic (exact) mass is 322 g/mol. The molecule has 0 bridgehead atoms. The minimum absolute atomic E-state index is 0.0634. The Morgan fingerprint density at radius 3 is 2.35 bits per heavy atom. The van der Waals surface area contributed by atoms with Crippen molar-refractivity contribution >= 4 is 12.0 Å². The van der Waals surface area contributed by atoms with E-state index in [4.69, 9.17) is 9.57 Å². The molecule has 0 aliphatic rings. The lowest BCUT2D eigenvalue weighted by Gasteiger charge is -2.40. The summed E-state index contributed by atoms with van der Waals surface area (Å²) in [5.41, 5.74) is 0.750. The number of hydroxylamine groups is 3. The molecule has 0 atom stereocenters. The van der Waals surface area contributed by atoms with E-state index in [0.29, 0.717) is 12.3 Å². The van der Waals surface area contributed by atoms with Gasteiger partial charge in [0.15, 0.2) is 11.5 Å². The van der Waals surface area contributed by atoms with E-state index in [1.807, 2.05) is 34.6 Å². The van der Waals surface area contributed by atoms with Gasteiger partial charge in [-0.3, -0.25) is 4.84 Å². The summed E-state index contributed by atoms with van der Waals surface area (Å²) in [7, 11) is 1.48. The van der Waals surface area contributed by atoms with Crippen molar-refractivity contribution in [2.45, 2.75) is 46.7 Å². The van der Waals surface area contributed by atoms with E-state index < -0.39 is 0 Å². The lowest BCUT2D eigenvalue weighted by Crippen LogP contribution is -2.58. The smallest absolute Gasteiger partial charge is 0.390 e. The highest BCUT2D eigenvalue weighted by molar-refractivity contribution is 5.86. The van der Waals surface area contributed by atoms with E-state index in [-0.39, 0.29) is 28.4 Å². The van der Waals surface area contributed by atoms with E-state index in [1.165, 1.54) is 19.3 Å². The van der Waals surface area contributed by atoms with Gasteiger partial charge in [-0.05, 0) is 58.4 Å². The van der Waals surface area contributed by atoms with Crippen LogP contribution < -0.4 is 4.74 Å². The Balaban J connectivity index is 2.90. The second-order valence-corrected chi connectivity index (χ2v) is 6.03. The SMILES string of the molecule is CC[N+](OC(=O)C=Cc1ccc(O)c(OC)c1)(C(C)C)C(C)C. The highest BCUT2D eigenvalue weighted by atomic mass is 16.7. The molecular weight excluding hydrogens is 294 g/mol. The van der Waals surface area contributed by atoms with Gasteiger partial charge in [0.1, 0.15) is 18.6 Å². The first kappa shape index (κ1) is 19.0. The van der Waals surface area contributed by atoms with Gasteiger partial charge in [-0.25, -0.2) is 4.79 Å². The zero-order valence-corrected chi connectivity index (χ0v) is 14.9. The lowest BCUT2D eigenvalue weighted by atomic mass is 10.2. The van der Waals surface area contributed by atoms with Crippen molar-refractivity contribution in [1.82, 2.24) is 0 Å². The van der Waals surface area contributed by atoms with Crippen LogP contribution in [0.3, 0.4) is 0 Å². The molecule has 0 unspecified atom stereocenters. The summed E-state index contributed by atoms with van der Waals surface area (Å²) in [5.74, 6) is 0.0402. The van der Waals surface area contributed by atoms with Crippen LogP contribution in [0.1, 0.15) is 40.2 Å². The van der Waals surface area contributed by atoms with Crippen molar-refractivity contribution in [1.29, 1.82) is 0 Å². The summed E-state index contributed by atoms with van der Waals surface area (Å²) >= 11 is 0. The molecule has 0 aliphatic heterocycles. The van der Waals surface area contributed by atoms with Gasteiger partial charge in [-0.2, -0.15) is 0 Å². The van der Waals surface area contributed by atoms with E-state index in [2.05, 4.69) is 0 Å². The number of ether oxygens (including phenoxy) is 1. The first-order chi connectivity index (χ1) is 10.8. The maximum Gasteiger partial charge on any atom is 0.390 e. The standard InChI is InChI=1S/C18H27NO4/c1-7-19(13(2)3,14(4)5)23-18(21)11-9-15-8-10-16(20)17(12-15)22-6/h8-14H,7H2,1-6H3/p+1. The number of aromatic hydroxyl groups is 1. The molecule has 5 nitrogen and oxygen atoms in total. The molecule has 0 aromatic heterocycles. The molecule has 0 fully saturated rings. The number of methoxy groups -OCH3 is 1. The van der Waals surface area contributed by atoms with Gasteiger partial charge in [0.25, 0.3) is 0 Å². The Labute approximate surface area is 138 Å². The van der Waals surface area contributed by atoms with E-state index >= 15 is 0 Å². The Kier molecular flexibility index (Phi) is 6.63. The fourth-order valence-electron chi connectivity index (χ4n) is 2.76. The molecule has 0 heterocycles. The predicted octanol–water partition coefficient (Wildman–Crippen LogP) is 3.53. The zero-order chi connectivity index (χ0) is 17.6. The van der Waals surface area contributed by atoms with Crippen molar-refractivity contribution in [2.24, 2.45) is 0 Å². The van der Waals surface area contributed by atoms with Crippen LogP contribution in [0.15, 0.2) is 24.3 Å². The maximum absolute atomic E-state index is 12.2. The molecule has 1 rings (SSSR count). The van der Waals surface area contributed by atoms with Crippen molar-refractivity contribution in [3.8, 4) is 11.5 Å². The zero-order valence-electron chi connectivity index (χ0n) is 14.9. The van der Waals surface area contributed by atoms with Crippen LogP contribution in [0, 0.1) is 0 Å². The third-order valence-corrected chi connectivity index (χ3v) is 4.12. The summed E-state index contributed by atoms with van der Waals surface area (Å²) < 4.78 is 5.33. The lowest BCUT2D eigenvalue weighted by molar-refractivity contribution is -1.12. The molecule has 23 heavy (non-hydrogen) atoms. The number of quaternary nitrogens is 1. The third kappa shape index (κ3) is 4.48. The topological polar surface area (TPSA) is 55.8 Å². The Morgan fingerprint density at radius 2 is 1.87 bits per heavy atom. The molecule has 0 saturated heterocycles. The van der Waals surface area contributed by atoms with Crippen LogP contribution in [-0.4, -0.2) is 41.5 Å². The van der Waals surface area contributed by atoms with Gasteiger partial charge < -0.3 is 9.84 Å². The maximum atomic E-state index is 12.2. The number of hydrogen-bond acceptors (Lipinski definition) is 4. The molecule has 0 saturated carbocycles. The van der Waals surface area contributed by atoms with Gasteiger partial charge in [0.2, 0.25) is 0 Å². The van der Waals surface area contributed by atoms with Gasteiger partial charge in [0, 0.05) is 6.08 Å². The normalized spacial score (nSPS) is 12.2. The molecule has 0 amide bonds. The van der Waals surface area contributed by atoms with Crippen LogP contribution in [0.25, 0.3) is 6.08 Å². The first-order valence-corrected chi connectivity index (χ1v) is 7.92. The van der Waals surface area contributed by atoms with Gasteiger partial charge in [-0.15, -0.1) is 4.65 Å². The van der Waals surface area contributed by atoms with Crippen LogP contribution in [0.2, 0.25) is 0 Å². The number of hydrogen-bond donors (Lipinski definition) is 1. The summed E-state index contributed by atoms with van der Waals surface area (Å²) in [6.45, 7) is 10.9. The summed E-state index contributed by atoms with van der Waals surface area (Å²) in [6.07, 6.45) is 3.05. The van der Waals surface area contributed by atoms with Gasteiger partial charge in [0.05, 0.1) is 7.11 Å². The van der Waals surface area contributed by atoms with Crippen LogP contribution in [0.5, 0.6) is 11.5 Å². The summed E-state index contributed by atoms with van der Waals surface area (Å²) in [5, 5.41) is 9.58. The number of nitrogens with zero attached hydrogens (tertiary/aromatic N) is 1. The highest BCUT2D eigenvalue weighted by Crippen LogP contribution is 2.27. The van der Waals surface area contributed by atoms with Crippen molar-refractivity contribution < 1.29 is 24.1 Å². The Morgan fingerprint density at radius 1 is 1.26 bits per heavy atom. The molecule has 5 heteroatoms. The van der Waals surface area contributed by atoms with Crippen molar-refractivity contribution in [2.75, 3.05) is 13.7 Å². The van der Waals surface area contributed by atoms with Crippen LogP contribution >= 0.6 is 0 Å². The number of carbonyl (C=O) groups excluding carboxylic acids is 1.